The van der Waals surface area contributed by atoms with Crippen LogP contribution >= 0.6 is 11.8 Å². The summed E-state index contributed by atoms with van der Waals surface area (Å²) >= 11 is 1.94. The lowest BCUT2D eigenvalue weighted by atomic mass is 10.1. The van der Waals surface area contributed by atoms with Gasteiger partial charge in [0.15, 0.2) is 0 Å². The minimum atomic E-state index is 0.328. The second-order valence-corrected chi connectivity index (χ2v) is 5.70. The fourth-order valence-corrected chi connectivity index (χ4v) is 2.86. The average Bonchev–Trinajstić information content (AvgIpc) is 2.32. The Hall–Kier alpha value is -1.16. The molecule has 18 heavy (non-hydrogen) atoms. The van der Waals surface area contributed by atoms with Crippen LogP contribution in [0, 0.1) is 13.8 Å². The Labute approximate surface area is 113 Å². The average molecular weight is 266 g/mol. The van der Waals surface area contributed by atoms with E-state index in [2.05, 4.69) is 37.2 Å². The third-order valence-electron chi connectivity index (χ3n) is 2.65. The first-order chi connectivity index (χ1) is 8.61. The zero-order valence-corrected chi connectivity index (χ0v) is 12.0. The molecule has 0 saturated carbocycles. The van der Waals surface area contributed by atoms with Gasteiger partial charge in [0.1, 0.15) is 5.84 Å². The van der Waals surface area contributed by atoms with E-state index in [4.69, 9.17) is 10.9 Å². The predicted octanol–water partition coefficient (Wildman–Crippen LogP) is 3.45. The van der Waals surface area contributed by atoms with Gasteiger partial charge in [-0.1, -0.05) is 34.5 Å². The smallest absolute Gasteiger partial charge is 0.139 e. The van der Waals surface area contributed by atoms with Gasteiger partial charge in [-0.15, -0.1) is 0 Å². The molecule has 0 bridgehead atoms. The second-order valence-electron chi connectivity index (χ2n) is 4.60. The molecule has 0 heterocycles. The van der Waals surface area contributed by atoms with E-state index < -0.39 is 0 Å². The number of nitrogens with two attached hydrogens (primary N) is 1. The van der Waals surface area contributed by atoms with Crippen molar-refractivity contribution in [1.82, 2.24) is 0 Å². The van der Waals surface area contributed by atoms with Crippen LogP contribution in [0.5, 0.6) is 0 Å². The number of oxime groups is 1. The summed E-state index contributed by atoms with van der Waals surface area (Å²) < 4.78 is 0. The minimum Gasteiger partial charge on any atom is -0.409 e. The molecule has 0 fully saturated rings. The van der Waals surface area contributed by atoms with Crippen molar-refractivity contribution in [2.75, 3.05) is 5.75 Å². The third kappa shape index (κ3) is 5.96. The molecule has 0 radical (unpaired) electrons. The Morgan fingerprint density at radius 1 is 1.22 bits per heavy atom. The first kappa shape index (κ1) is 14.9. The van der Waals surface area contributed by atoms with Gasteiger partial charge in [0.05, 0.1) is 0 Å². The molecule has 1 rings (SSSR count). The fourth-order valence-electron chi connectivity index (χ4n) is 1.90. The number of amidine groups is 1. The van der Waals surface area contributed by atoms with Crippen LogP contribution < -0.4 is 5.73 Å². The van der Waals surface area contributed by atoms with E-state index in [1.165, 1.54) is 16.7 Å². The zero-order chi connectivity index (χ0) is 13.4. The summed E-state index contributed by atoms with van der Waals surface area (Å²) in [4.78, 5) is 0. The summed E-state index contributed by atoms with van der Waals surface area (Å²) in [6.07, 6.45) is 2.77. The second kappa shape index (κ2) is 8.03. The fraction of sp³-hybridized carbons (Fsp3) is 0.500. The monoisotopic (exact) mass is 266 g/mol. The Morgan fingerprint density at radius 3 is 2.50 bits per heavy atom. The van der Waals surface area contributed by atoms with Crippen molar-refractivity contribution in [3.8, 4) is 0 Å². The molecule has 0 saturated heterocycles. The van der Waals surface area contributed by atoms with Crippen LogP contribution in [0.1, 0.15) is 36.0 Å². The van der Waals surface area contributed by atoms with Gasteiger partial charge in [0.25, 0.3) is 0 Å². The Morgan fingerprint density at radius 2 is 1.89 bits per heavy atom. The Bertz CT molecular complexity index is 385. The van der Waals surface area contributed by atoms with E-state index in [1.807, 2.05) is 11.8 Å². The predicted molar refractivity (Wildman–Crippen MR) is 79.3 cm³/mol. The number of aryl methyl sites for hydroxylation is 2. The highest BCUT2D eigenvalue weighted by Crippen LogP contribution is 2.17. The highest BCUT2D eigenvalue weighted by molar-refractivity contribution is 7.98. The summed E-state index contributed by atoms with van der Waals surface area (Å²) in [7, 11) is 0. The van der Waals surface area contributed by atoms with E-state index in [1.54, 1.807) is 0 Å². The van der Waals surface area contributed by atoms with E-state index >= 15 is 0 Å². The molecule has 0 aliphatic heterocycles. The highest BCUT2D eigenvalue weighted by atomic mass is 32.2. The lowest BCUT2D eigenvalue weighted by Crippen LogP contribution is -2.10. The highest BCUT2D eigenvalue weighted by Gasteiger charge is 1.98. The van der Waals surface area contributed by atoms with Crippen molar-refractivity contribution < 1.29 is 5.21 Å². The zero-order valence-electron chi connectivity index (χ0n) is 11.1. The van der Waals surface area contributed by atoms with Crippen LogP contribution in [0.2, 0.25) is 0 Å². The molecule has 3 N–H and O–H groups in total. The molecule has 4 heteroatoms. The quantitative estimate of drug-likeness (QED) is 0.261. The number of hydrogen-bond acceptors (Lipinski definition) is 3. The maximum absolute atomic E-state index is 8.40. The number of thioether (sulfide) groups is 1. The molecule has 1 aromatic rings. The first-order valence-corrected chi connectivity index (χ1v) is 7.38. The lowest BCUT2D eigenvalue weighted by Gasteiger charge is -2.05. The summed E-state index contributed by atoms with van der Waals surface area (Å²) in [5.74, 6) is 2.51. The molecule has 0 atom stereocenters. The van der Waals surface area contributed by atoms with Gasteiger partial charge >= 0.3 is 0 Å². The van der Waals surface area contributed by atoms with E-state index in [0.29, 0.717) is 12.3 Å². The summed E-state index contributed by atoms with van der Waals surface area (Å²) in [6.45, 7) is 4.27. The normalized spacial score (nSPS) is 11.8. The molecule has 1 aromatic carbocycles. The van der Waals surface area contributed by atoms with E-state index in [9.17, 15) is 0 Å². The molecule has 0 aliphatic carbocycles. The van der Waals surface area contributed by atoms with Crippen molar-refractivity contribution in [3.05, 3.63) is 34.9 Å². The van der Waals surface area contributed by atoms with Crippen LogP contribution in [0.4, 0.5) is 0 Å². The van der Waals surface area contributed by atoms with E-state index in [-0.39, 0.29) is 0 Å². The molecule has 3 nitrogen and oxygen atoms in total. The largest absolute Gasteiger partial charge is 0.409 e. The topological polar surface area (TPSA) is 58.6 Å². The number of nitrogens with zero attached hydrogens (tertiary/aromatic N) is 1. The summed E-state index contributed by atoms with van der Waals surface area (Å²) in [6, 6.07) is 6.69. The summed E-state index contributed by atoms with van der Waals surface area (Å²) in [5.41, 5.74) is 9.46. The van der Waals surface area contributed by atoms with Gasteiger partial charge in [-0.3, -0.25) is 0 Å². The number of benzene rings is 1. The van der Waals surface area contributed by atoms with Crippen molar-refractivity contribution in [2.45, 2.75) is 38.9 Å². The van der Waals surface area contributed by atoms with E-state index in [0.717, 1.165) is 24.3 Å². The van der Waals surface area contributed by atoms with Crippen molar-refractivity contribution in [2.24, 2.45) is 10.9 Å². The molecule has 100 valence electrons. The molecular formula is C14H22N2OS. The molecule has 0 aliphatic rings. The van der Waals surface area contributed by atoms with Crippen molar-refractivity contribution in [3.63, 3.8) is 0 Å². The Kier molecular flexibility index (Phi) is 6.65. The lowest BCUT2D eigenvalue weighted by molar-refractivity contribution is 0.316. The Balaban J connectivity index is 2.18. The summed E-state index contributed by atoms with van der Waals surface area (Å²) in [5, 5.41) is 11.4. The minimum absolute atomic E-state index is 0.328. The standard InChI is InChI=1S/C14H22N2OS/c1-11-7-12(2)9-13(8-11)10-18-6-4-3-5-14(15)16-17/h7-9,17H,3-6,10H2,1-2H3,(H2,15,16). The van der Waals surface area contributed by atoms with Crippen LogP contribution in [0.3, 0.4) is 0 Å². The number of hydrogen-bond donors (Lipinski definition) is 2. The maximum atomic E-state index is 8.40. The first-order valence-electron chi connectivity index (χ1n) is 6.23. The molecule has 0 aromatic heterocycles. The molecule has 0 unspecified atom stereocenters. The van der Waals surface area contributed by atoms with Crippen molar-refractivity contribution >= 4 is 17.6 Å². The number of rotatable bonds is 7. The van der Waals surface area contributed by atoms with Crippen molar-refractivity contribution in [1.29, 1.82) is 0 Å². The van der Waals surface area contributed by atoms with Gasteiger partial charge in [-0.05, 0) is 38.0 Å². The van der Waals surface area contributed by atoms with Crippen LogP contribution in [-0.4, -0.2) is 16.8 Å². The van der Waals surface area contributed by atoms with Gasteiger partial charge < -0.3 is 10.9 Å². The van der Waals surface area contributed by atoms with Gasteiger partial charge in [-0.25, -0.2) is 0 Å². The van der Waals surface area contributed by atoms with Crippen LogP contribution in [0.25, 0.3) is 0 Å². The van der Waals surface area contributed by atoms with Crippen LogP contribution in [-0.2, 0) is 5.75 Å². The SMILES string of the molecule is Cc1cc(C)cc(CSCCCCC(N)=NO)c1. The molecule has 0 amide bonds. The third-order valence-corrected chi connectivity index (χ3v) is 3.77. The van der Waals surface area contributed by atoms with Gasteiger partial charge in [0.2, 0.25) is 0 Å². The molecular weight excluding hydrogens is 244 g/mol. The van der Waals surface area contributed by atoms with Crippen LogP contribution in [0.15, 0.2) is 23.4 Å². The number of unbranched alkanes of at least 4 members (excludes halogenated alkanes) is 1. The van der Waals surface area contributed by atoms with Gasteiger partial charge in [0, 0.05) is 12.2 Å². The maximum Gasteiger partial charge on any atom is 0.139 e. The van der Waals surface area contributed by atoms with Gasteiger partial charge in [-0.2, -0.15) is 11.8 Å². The molecule has 0 spiro atoms.